The molecule has 0 unspecified atom stereocenters. The number of aromatic nitrogens is 1. The highest BCUT2D eigenvalue weighted by atomic mass is 16.5. The van der Waals surface area contributed by atoms with Crippen LogP contribution in [0.15, 0.2) is 53.1 Å². The molecule has 6 heteroatoms. The minimum atomic E-state index is -0.538. The van der Waals surface area contributed by atoms with Crippen molar-refractivity contribution in [3.05, 3.63) is 54.3 Å². The maximum Gasteiger partial charge on any atom is 0.339 e. The number of nitrogens with zero attached hydrogens (tertiary/aromatic N) is 2. The monoisotopic (exact) mass is 350 g/mol. The van der Waals surface area contributed by atoms with Crippen LogP contribution in [0.5, 0.6) is 0 Å². The molecule has 4 rings (SSSR count). The molecule has 0 atom stereocenters. The lowest BCUT2D eigenvalue weighted by Crippen LogP contribution is -2.32. The maximum atomic E-state index is 12.6. The fraction of sp³-hybridized carbons (Fsp3) is 0.250. The zero-order valence-corrected chi connectivity index (χ0v) is 14.2. The van der Waals surface area contributed by atoms with Gasteiger partial charge in [-0.25, -0.2) is 9.78 Å². The van der Waals surface area contributed by atoms with Crippen LogP contribution in [0.2, 0.25) is 0 Å². The van der Waals surface area contributed by atoms with Crippen molar-refractivity contribution >= 4 is 22.8 Å². The van der Waals surface area contributed by atoms with E-state index in [4.69, 9.17) is 9.15 Å². The average Bonchev–Trinajstić information content (AvgIpc) is 3.38. The largest absolute Gasteiger partial charge is 0.463 e. The van der Waals surface area contributed by atoms with Crippen LogP contribution in [-0.2, 0) is 9.53 Å². The number of pyridine rings is 1. The number of hydrogen-bond acceptors (Lipinski definition) is 5. The fourth-order valence-corrected chi connectivity index (χ4v) is 3.16. The van der Waals surface area contributed by atoms with Gasteiger partial charge in [0.25, 0.3) is 5.91 Å². The van der Waals surface area contributed by atoms with E-state index >= 15 is 0 Å². The number of furan rings is 1. The van der Waals surface area contributed by atoms with Crippen molar-refractivity contribution in [3.63, 3.8) is 0 Å². The van der Waals surface area contributed by atoms with Gasteiger partial charge in [0.15, 0.2) is 12.4 Å². The van der Waals surface area contributed by atoms with Crippen LogP contribution in [0.3, 0.4) is 0 Å². The Kier molecular flexibility index (Phi) is 4.39. The van der Waals surface area contributed by atoms with Crippen LogP contribution in [0.25, 0.3) is 22.4 Å². The van der Waals surface area contributed by atoms with Crippen molar-refractivity contribution in [3.8, 4) is 11.5 Å². The molecule has 0 radical (unpaired) electrons. The summed E-state index contributed by atoms with van der Waals surface area (Å²) in [4.78, 5) is 31.0. The summed E-state index contributed by atoms with van der Waals surface area (Å²) in [5, 5.41) is 0.682. The zero-order chi connectivity index (χ0) is 17.9. The van der Waals surface area contributed by atoms with E-state index in [-0.39, 0.29) is 12.5 Å². The Balaban J connectivity index is 1.61. The molecule has 2 aromatic heterocycles. The number of para-hydroxylation sites is 1. The standard InChI is InChI=1S/C20H18N2O4/c23-19(22-9-3-4-10-22)13-26-20(24)15-12-17(18-8-5-11-25-18)21-16-7-2-1-6-14(15)16/h1-2,5-8,11-12H,3-4,9-10,13H2. The fourth-order valence-electron chi connectivity index (χ4n) is 3.16. The molecule has 132 valence electrons. The van der Waals surface area contributed by atoms with E-state index < -0.39 is 5.97 Å². The molecule has 1 aromatic carbocycles. The molecule has 26 heavy (non-hydrogen) atoms. The highest BCUT2D eigenvalue weighted by molar-refractivity contribution is 6.05. The Morgan fingerprint density at radius 2 is 1.92 bits per heavy atom. The predicted molar refractivity (Wildman–Crippen MR) is 95.5 cm³/mol. The van der Waals surface area contributed by atoms with Gasteiger partial charge in [0.05, 0.1) is 17.3 Å². The SMILES string of the molecule is O=C(OCC(=O)N1CCCC1)c1cc(-c2ccco2)nc2ccccc12. The summed E-state index contributed by atoms with van der Waals surface area (Å²) in [6.45, 7) is 1.22. The van der Waals surface area contributed by atoms with Gasteiger partial charge in [-0.05, 0) is 37.1 Å². The number of carbonyl (C=O) groups excluding carboxylic acids is 2. The molecule has 3 aromatic rings. The highest BCUT2D eigenvalue weighted by Crippen LogP contribution is 2.25. The molecule has 0 N–H and O–H groups in total. The molecule has 0 spiro atoms. The lowest BCUT2D eigenvalue weighted by Gasteiger charge is -2.15. The van der Waals surface area contributed by atoms with Gasteiger partial charge in [0, 0.05) is 18.5 Å². The minimum Gasteiger partial charge on any atom is -0.463 e. The van der Waals surface area contributed by atoms with E-state index in [1.54, 1.807) is 29.4 Å². The summed E-state index contributed by atoms with van der Waals surface area (Å²) < 4.78 is 10.7. The number of fused-ring (bicyclic) bond motifs is 1. The first kappa shape index (κ1) is 16.3. The molecular weight excluding hydrogens is 332 g/mol. The van der Waals surface area contributed by atoms with E-state index in [0.29, 0.717) is 27.9 Å². The number of carbonyl (C=O) groups is 2. The molecule has 1 amide bonds. The third kappa shape index (κ3) is 3.18. The Morgan fingerprint density at radius 3 is 2.69 bits per heavy atom. The number of amides is 1. The molecule has 0 saturated carbocycles. The predicted octanol–water partition coefficient (Wildman–Crippen LogP) is 3.27. The van der Waals surface area contributed by atoms with E-state index in [2.05, 4.69) is 4.98 Å². The van der Waals surface area contributed by atoms with Gasteiger partial charge in [-0.1, -0.05) is 18.2 Å². The zero-order valence-electron chi connectivity index (χ0n) is 14.2. The van der Waals surface area contributed by atoms with E-state index in [9.17, 15) is 9.59 Å². The number of ether oxygens (including phenoxy) is 1. The van der Waals surface area contributed by atoms with Crippen LogP contribution >= 0.6 is 0 Å². The van der Waals surface area contributed by atoms with Gasteiger partial charge < -0.3 is 14.1 Å². The van der Waals surface area contributed by atoms with Gasteiger partial charge >= 0.3 is 5.97 Å². The number of likely N-dealkylation sites (tertiary alicyclic amines) is 1. The van der Waals surface area contributed by atoms with E-state index in [1.165, 1.54) is 0 Å². The van der Waals surface area contributed by atoms with Gasteiger partial charge in [-0.3, -0.25) is 4.79 Å². The molecule has 1 saturated heterocycles. The van der Waals surface area contributed by atoms with Crippen molar-refractivity contribution in [1.29, 1.82) is 0 Å². The van der Waals surface area contributed by atoms with Crippen molar-refractivity contribution in [2.45, 2.75) is 12.8 Å². The maximum absolute atomic E-state index is 12.6. The summed E-state index contributed by atoms with van der Waals surface area (Å²) in [5.74, 6) is -0.123. The Bertz CT molecular complexity index is 944. The highest BCUT2D eigenvalue weighted by Gasteiger charge is 2.21. The quantitative estimate of drug-likeness (QED) is 0.675. The van der Waals surface area contributed by atoms with Crippen LogP contribution in [0.4, 0.5) is 0 Å². The summed E-state index contributed by atoms with van der Waals surface area (Å²) in [6.07, 6.45) is 3.56. The lowest BCUT2D eigenvalue weighted by atomic mass is 10.1. The average molecular weight is 350 g/mol. The Morgan fingerprint density at radius 1 is 1.12 bits per heavy atom. The lowest BCUT2D eigenvalue weighted by molar-refractivity contribution is -0.133. The van der Waals surface area contributed by atoms with E-state index in [0.717, 1.165) is 25.9 Å². The van der Waals surface area contributed by atoms with Crippen LogP contribution in [-0.4, -0.2) is 41.5 Å². The van der Waals surface area contributed by atoms with Crippen molar-refractivity contribution in [2.75, 3.05) is 19.7 Å². The molecule has 1 aliphatic rings. The van der Waals surface area contributed by atoms with Crippen LogP contribution in [0, 0.1) is 0 Å². The van der Waals surface area contributed by atoms with Gasteiger partial charge in [-0.2, -0.15) is 0 Å². The second-order valence-corrected chi connectivity index (χ2v) is 6.21. The van der Waals surface area contributed by atoms with Gasteiger partial charge in [0.2, 0.25) is 0 Å². The van der Waals surface area contributed by atoms with Crippen molar-refractivity contribution in [1.82, 2.24) is 9.88 Å². The van der Waals surface area contributed by atoms with Crippen LogP contribution in [0.1, 0.15) is 23.2 Å². The van der Waals surface area contributed by atoms with Gasteiger partial charge in [0.1, 0.15) is 5.69 Å². The molecule has 1 fully saturated rings. The molecule has 0 aliphatic carbocycles. The smallest absolute Gasteiger partial charge is 0.339 e. The summed E-state index contributed by atoms with van der Waals surface area (Å²) in [7, 11) is 0. The second-order valence-electron chi connectivity index (χ2n) is 6.21. The number of rotatable bonds is 4. The molecular formula is C20H18N2O4. The first-order chi connectivity index (χ1) is 12.7. The first-order valence-corrected chi connectivity index (χ1v) is 8.61. The summed E-state index contributed by atoms with van der Waals surface area (Å²) >= 11 is 0. The summed E-state index contributed by atoms with van der Waals surface area (Å²) in [6, 6.07) is 12.5. The molecule has 1 aliphatic heterocycles. The molecule has 0 bridgehead atoms. The third-order valence-electron chi connectivity index (χ3n) is 4.50. The molecule has 6 nitrogen and oxygen atoms in total. The molecule has 3 heterocycles. The van der Waals surface area contributed by atoms with E-state index in [1.807, 2.05) is 24.3 Å². The number of hydrogen-bond donors (Lipinski definition) is 0. The normalized spacial score (nSPS) is 13.9. The first-order valence-electron chi connectivity index (χ1n) is 8.61. The van der Waals surface area contributed by atoms with Gasteiger partial charge in [-0.15, -0.1) is 0 Å². The Hall–Kier alpha value is -3.15. The number of benzene rings is 1. The van der Waals surface area contributed by atoms with Crippen molar-refractivity contribution in [2.24, 2.45) is 0 Å². The number of esters is 1. The van der Waals surface area contributed by atoms with Crippen LogP contribution < -0.4 is 0 Å². The topological polar surface area (TPSA) is 72.6 Å². The minimum absolute atomic E-state index is 0.152. The summed E-state index contributed by atoms with van der Waals surface area (Å²) in [5.41, 5.74) is 1.59. The third-order valence-corrected chi connectivity index (χ3v) is 4.50. The van der Waals surface area contributed by atoms with Crippen molar-refractivity contribution < 1.29 is 18.7 Å². The second kappa shape index (κ2) is 7.00. The Labute approximate surface area is 150 Å².